The number of ether oxygens (including phenoxy) is 1. The van der Waals surface area contributed by atoms with Crippen molar-refractivity contribution in [2.75, 3.05) is 33.4 Å². The maximum Gasteiger partial charge on any atom is 0.0506 e. The van der Waals surface area contributed by atoms with Gasteiger partial charge in [-0.1, -0.05) is 13.8 Å². The van der Waals surface area contributed by atoms with Crippen molar-refractivity contribution in [1.29, 1.82) is 0 Å². The van der Waals surface area contributed by atoms with E-state index in [-0.39, 0.29) is 0 Å². The Labute approximate surface area is 100 Å². The highest BCUT2D eigenvalue weighted by molar-refractivity contribution is 4.72. The standard InChI is InChI=1S/C13H28N2O/c1-11(2)7-13(14)9-15(3)8-12-5-4-6-16-10-12/h11-13H,4-10,14H2,1-3H3. The lowest BCUT2D eigenvalue weighted by Crippen LogP contribution is -2.39. The second kappa shape index (κ2) is 7.25. The Kier molecular flexibility index (Phi) is 6.32. The largest absolute Gasteiger partial charge is 0.381 e. The highest BCUT2D eigenvalue weighted by Gasteiger charge is 2.17. The highest BCUT2D eigenvalue weighted by atomic mass is 16.5. The van der Waals surface area contributed by atoms with Gasteiger partial charge in [0.2, 0.25) is 0 Å². The third-order valence-corrected chi connectivity index (χ3v) is 3.14. The van der Waals surface area contributed by atoms with Crippen molar-refractivity contribution in [3.8, 4) is 0 Å². The molecule has 0 aromatic heterocycles. The third-order valence-electron chi connectivity index (χ3n) is 3.14. The molecule has 1 fully saturated rings. The molecule has 2 N–H and O–H groups in total. The number of rotatable bonds is 6. The first-order chi connectivity index (χ1) is 7.58. The average Bonchev–Trinajstić information content (AvgIpc) is 2.17. The monoisotopic (exact) mass is 228 g/mol. The van der Waals surface area contributed by atoms with Gasteiger partial charge in [-0.15, -0.1) is 0 Å². The molecule has 2 atom stereocenters. The zero-order valence-electron chi connectivity index (χ0n) is 11.1. The lowest BCUT2D eigenvalue weighted by Gasteiger charge is -2.29. The van der Waals surface area contributed by atoms with Crippen LogP contribution in [0.3, 0.4) is 0 Å². The maximum absolute atomic E-state index is 6.11. The molecule has 0 aromatic carbocycles. The normalized spacial score (nSPS) is 24.0. The van der Waals surface area contributed by atoms with E-state index in [1.165, 1.54) is 12.8 Å². The summed E-state index contributed by atoms with van der Waals surface area (Å²) in [5, 5.41) is 0. The Morgan fingerprint density at radius 3 is 2.75 bits per heavy atom. The molecule has 0 bridgehead atoms. The van der Waals surface area contributed by atoms with Crippen molar-refractivity contribution in [2.45, 2.75) is 39.2 Å². The lowest BCUT2D eigenvalue weighted by molar-refractivity contribution is 0.0412. The van der Waals surface area contributed by atoms with E-state index in [2.05, 4.69) is 25.8 Å². The van der Waals surface area contributed by atoms with Gasteiger partial charge in [-0.25, -0.2) is 0 Å². The quantitative estimate of drug-likeness (QED) is 0.752. The molecule has 96 valence electrons. The number of likely N-dealkylation sites (N-methyl/N-ethyl adjacent to an activating group) is 1. The minimum atomic E-state index is 0.314. The summed E-state index contributed by atoms with van der Waals surface area (Å²) in [4.78, 5) is 2.37. The molecule has 16 heavy (non-hydrogen) atoms. The lowest BCUT2D eigenvalue weighted by atomic mass is 10.0. The first kappa shape index (κ1) is 13.9. The van der Waals surface area contributed by atoms with E-state index >= 15 is 0 Å². The number of hydrogen-bond donors (Lipinski definition) is 1. The zero-order valence-corrected chi connectivity index (χ0v) is 11.1. The van der Waals surface area contributed by atoms with Crippen LogP contribution in [0.4, 0.5) is 0 Å². The molecule has 1 aliphatic heterocycles. The molecular formula is C13H28N2O. The molecule has 0 aromatic rings. The fourth-order valence-electron chi connectivity index (χ4n) is 2.55. The molecule has 0 amide bonds. The van der Waals surface area contributed by atoms with Crippen LogP contribution in [0.1, 0.15) is 33.1 Å². The first-order valence-corrected chi connectivity index (χ1v) is 6.59. The van der Waals surface area contributed by atoms with Crippen LogP contribution in [-0.4, -0.2) is 44.3 Å². The van der Waals surface area contributed by atoms with Crippen molar-refractivity contribution in [3.63, 3.8) is 0 Å². The Morgan fingerprint density at radius 1 is 1.44 bits per heavy atom. The van der Waals surface area contributed by atoms with Gasteiger partial charge < -0.3 is 15.4 Å². The van der Waals surface area contributed by atoms with Crippen molar-refractivity contribution >= 4 is 0 Å². The van der Waals surface area contributed by atoms with Crippen molar-refractivity contribution in [2.24, 2.45) is 17.6 Å². The molecule has 0 spiro atoms. The summed E-state index contributed by atoms with van der Waals surface area (Å²) in [6, 6.07) is 0.314. The summed E-state index contributed by atoms with van der Waals surface area (Å²) in [7, 11) is 2.18. The summed E-state index contributed by atoms with van der Waals surface area (Å²) in [6.45, 7) is 8.49. The molecule has 3 heteroatoms. The molecule has 0 radical (unpaired) electrons. The molecule has 0 aliphatic carbocycles. The predicted molar refractivity (Wildman–Crippen MR) is 68.5 cm³/mol. The van der Waals surface area contributed by atoms with E-state index in [9.17, 15) is 0 Å². The second-order valence-electron chi connectivity index (χ2n) is 5.69. The van der Waals surface area contributed by atoms with E-state index in [0.717, 1.165) is 32.7 Å². The number of hydrogen-bond acceptors (Lipinski definition) is 3. The zero-order chi connectivity index (χ0) is 12.0. The molecule has 2 unspecified atom stereocenters. The average molecular weight is 228 g/mol. The van der Waals surface area contributed by atoms with Crippen molar-refractivity contribution < 1.29 is 4.74 Å². The molecule has 0 saturated carbocycles. The van der Waals surface area contributed by atoms with Crippen LogP contribution in [-0.2, 0) is 4.74 Å². The fraction of sp³-hybridized carbons (Fsp3) is 1.00. The second-order valence-corrected chi connectivity index (χ2v) is 5.69. The molecule has 1 aliphatic rings. The maximum atomic E-state index is 6.11. The van der Waals surface area contributed by atoms with Crippen LogP contribution in [0, 0.1) is 11.8 Å². The van der Waals surface area contributed by atoms with Gasteiger partial charge in [-0.3, -0.25) is 0 Å². The van der Waals surface area contributed by atoms with E-state index < -0.39 is 0 Å². The van der Waals surface area contributed by atoms with Crippen LogP contribution in [0.2, 0.25) is 0 Å². The summed E-state index contributed by atoms with van der Waals surface area (Å²) in [6.07, 6.45) is 3.64. The van der Waals surface area contributed by atoms with Gasteiger partial charge in [0.1, 0.15) is 0 Å². The summed E-state index contributed by atoms with van der Waals surface area (Å²) in [5.74, 6) is 1.41. The van der Waals surface area contributed by atoms with Crippen LogP contribution >= 0.6 is 0 Å². The van der Waals surface area contributed by atoms with E-state index in [0.29, 0.717) is 17.9 Å². The molecule has 1 rings (SSSR count). The number of nitrogens with two attached hydrogens (primary N) is 1. The molecule has 1 heterocycles. The molecular weight excluding hydrogens is 200 g/mol. The number of nitrogens with zero attached hydrogens (tertiary/aromatic N) is 1. The smallest absolute Gasteiger partial charge is 0.0506 e. The SMILES string of the molecule is CC(C)CC(N)CN(C)CC1CCCOC1. The van der Waals surface area contributed by atoms with Gasteiger partial charge in [0.05, 0.1) is 6.61 Å². The highest BCUT2D eigenvalue weighted by Crippen LogP contribution is 2.14. The van der Waals surface area contributed by atoms with Gasteiger partial charge in [-0.05, 0) is 38.1 Å². The fourth-order valence-corrected chi connectivity index (χ4v) is 2.55. The van der Waals surface area contributed by atoms with Gasteiger partial charge in [0, 0.05) is 25.7 Å². The van der Waals surface area contributed by atoms with Crippen LogP contribution in [0.25, 0.3) is 0 Å². The van der Waals surface area contributed by atoms with Crippen molar-refractivity contribution in [3.05, 3.63) is 0 Å². The summed E-state index contributed by atoms with van der Waals surface area (Å²) >= 11 is 0. The minimum absolute atomic E-state index is 0.314. The third kappa shape index (κ3) is 5.83. The van der Waals surface area contributed by atoms with Crippen LogP contribution in [0.5, 0.6) is 0 Å². The van der Waals surface area contributed by atoms with Gasteiger partial charge in [0.25, 0.3) is 0 Å². The Morgan fingerprint density at radius 2 is 2.19 bits per heavy atom. The van der Waals surface area contributed by atoms with E-state index in [4.69, 9.17) is 10.5 Å². The van der Waals surface area contributed by atoms with Gasteiger partial charge in [0.15, 0.2) is 0 Å². The predicted octanol–water partition coefficient (Wildman–Crippen LogP) is 1.72. The van der Waals surface area contributed by atoms with E-state index in [1.54, 1.807) is 0 Å². The Balaban J connectivity index is 2.15. The molecule has 3 nitrogen and oxygen atoms in total. The van der Waals surface area contributed by atoms with Gasteiger partial charge >= 0.3 is 0 Å². The van der Waals surface area contributed by atoms with Crippen LogP contribution in [0.15, 0.2) is 0 Å². The summed E-state index contributed by atoms with van der Waals surface area (Å²) < 4.78 is 5.49. The molecule has 1 saturated heterocycles. The van der Waals surface area contributed by atoms with Crippen LogP contribution < -0.4 is 5.73 Å². The minimum Gasteiger partial charge on any atom is -0.381 e. The Bertz CT molecular complexity index is 179. The Hall–Kier alpha value is -0.120. The van der Waals surface area contributed by atoms with Gasteiger partial charge in [-0.2, -0.15) is 0 Å². The topological polar surface area (TPSA) is 38.5 Å². The summed E-state index contributed by atoms with van der Waals surface area (Å²) in [5.41, 5.74) is 6.11. The van der Waals surface area contributed by atoms with Crippen molar-refractivity contribution in [1.82, 2.24) is 4.90 Å². The first-order valence-electron chi connectivity index (χ1n) is 6.59. The van der Waals surface area contributed by atoms with E-state index in [1.807, 2.05) is 0 Å².